The van der Waals surface area contributed by atoms with E-state index in [9.17, 15) is 9.59 Å². The number of methoxy groups -OCH3 is 1. The maximum atomic E-state index is 12.6. The molecule has 0 spiro atoms. The number of ether oxygens (including phenoxy) is 1. The molecule has 0 atom stereocenters. The van der Waals surface area contributed by atoms with Gasteiger partial charge in [-0.1, -0.05) is 63.6 Å². The van der Waals surface area contributed by atoms with Crippen molar-refractivity contribution in [1.29, 1.82) is 0 Å². The minimum Gasteiger partial charge on any atom is -0.384 e. The van der Waals surface area contributed by atoms with Crippen LogP contribution in [-0.4, -0.2) is 34.5 Å². The Balaban J connectivity index is 1.92. The molecule has 174 valence electrons. The summed E-state index contributed by atoms with van der Waals surface area (Å²) in [5, 5.41) is 0.459. The number of halogens is 1. The van der Waals surface area contributed by atoms with E-state index in [-0.39, 0.29) is 5.78 Å². The van der Waals surface area contributed by atoms with Crippen LogP contribution in [0, 0.1) is 5.41 Å². The molecule has 7 heteroatoms. The average Bonchev–Trinajstić information content (AvgIpc) is 2.77. The van der Waals surface area contributed by atoms with Gasteiger partial charge in [0.05, 0.1) is 11.6 Å². The predicted octanol–water partition coefficient (Wildman–Crippen LogP) is 5.45. The van der Waals surface area contributed by atoms with Crippen molar-refractivity contribution >= 4 is 17.4 Å². The topological polar surface area (TPSA) is 84.9 Å². The van der Waals surface area contributed by atoms with Crippen molar-refractivity contribution in [1.82, 2.24) is 15.0 Å². The number of nitrogens with zero attached hydrogens (tertiary/aromatic N) is 2. The molecule has 3 rings (SSSR count). The number of carbonyl (C=O) groups excluding carboxylic acids is 1. The molecule has 3 aromatic rings. The molecule has 0 aliphatic carbocycles. The van der Waals surface area contributed by atoms with Crippen molar-refractivity contribution < 1.29 is 9.53 Å². The van der Waals surface area contributed by atoms with Crippen LogP contribution in [0.2, 0.25) is 5.02 Å². The van der Waals surface area contributed by atoms with Gasteiger partial charge in [-0.3, -0.25) is 9.78 Å². The first-order valence-electron chi connectivity index (χ1n) is 11.0. The van der Waals surface area contributed by atoms with E-state index in [4.69, 9.17) is 16.3 Å². The summed E-state index contributed by atoms with van der Waals surface area (Å²) in [5.41, 5.74) is 2.40. The lowest BCUT2D eigenvalue weighted by atomic mass is 9.86. The van der Waals surface area contributed by atoms with Crippen molar-refractivity contribution in [2.24, 2.45) is 5.41 Å². The van der Waals surface area contributed by atoms with Crippen LogP contribution in [0.15, 0.2) is 47.3 Å². The number of hydrogen-bond acceptors (Lipinski definition) is 5. The number of Topliss-reactive ketones (excluding diaryl/α,β-unsaturated/α-hetero) is 1. The molecule has 0 aliphatic rings. The zero-order valence-electron chi connectivity index (χ0n) is 19.7. The van der Waals surface area contributed by atoms with Gasteiger partial charge in [0.1, 0.15) is 11.6 Å². The van der Waals surface area contributed by atoms with E-state index >= 15 is 0 Å². The van der Waals surface area contributed by atoms with Crippen LogP contribution in [-0.2, 0) is 16.0 Å². The molecule has 1 heterocycles. The quantitative estimate of drug-likeness (QED) is 0.452. The summed E-state index contributed by atoms with van der Waals surface area (Å²) in [6.07, 6.45) is 0.930. The molecule has 0 fully saturated rings. The second-order valence-corrected chi connectivity index (χ2v) is 9.57. The van der Waals surface area contributed by atoms with Gasteiger partial charge in [0, 0.05) is 30.1 Å². The first-order chi connectivity index (χ1) is 15.6. The summed E-state index contributed by atoms with van der Waals surface area (Å²) in [4.78, 5) is 36.3. The summed E-state index contributed by atoms with van der Waals surface area (Å²) in [5.74, 6) is 1.16. The molecule has 1 aromatic heterocycles. The summed E-state index contributed by atoms with van der Waals surface area (Å²) in [6, 6.07) is 13.4. The van der Waals surface area contributed by atoms with E-state index in [1.807, 2.05) is 50.2 Å². The Morgan fingerprint density at radius 3 is 2.61 bits per heavy atom. The monoisotopic (exact) mass is 467 g/mol. The fraction of sp³-hybridized carbons (Fsp3) is 0.385. The summed E-state index contributed by atoms with van der Waals surface area (Å²) in [7, 11) is 1.59. The van der Waals surface area contributed by atoms with Gasteiger partial charge in [-0.2, -0.15) is 4.98 Å². The molecular weight excluding hydrogens is 438 g/mol. The second kappa shape index (κ2) is 10.4. The van der Waals surface area contributed by atoms with Gasteiger partial charge in [0.2, 0.25) is 0 Å². The van der Waals surface area contributed by atoms with Crippen LogP contribution in [0.5, 0.6) is 0 Å². The van der Waals surface area contributed by atoms with Gasteiger partial charge in [-0.25, -0.2) is 9.78 Å². The fourth-order valence-electron chi connectivity index (χ4n) is 3.62. The second-order valence-electron chi connectivity index (χ2n) is 9.16. The third kappa shape index (κ3) is 6.15. The lowest BCUT2D eigenvalue weighted by molar-refractivity contribution is -0.129. The van der Waals surface area contributed by atoms with Crippen LogP contribution < -0.4 is 5.69 Å². The molecule has 1 N–H and O–H groups in total. The minimum absolute atomic E-state index is 0.128. The Hall–Kier alpha value is -2.83. The van der Waals surface area contributed by atoms with Crippen LogP contribution >= 0.6 is 11.6 Å². The Kier molecular flexibility index (Phi) is 7.82. The molecule has 33 heavy (non-hydrogen) atoms. The molecular formula is C26H30ClN3O3. The number of H-pyrrole nitrogens is 1. The minimum atomic E-state index is -0.540. The molecule has 0 radical (unpaired) electrons. The Bertz CT molecular complexity index is 1200. The number of carbonyl (C=O) groups is 1. The van der Waals surface area contributed by atoms with E-state index < -0.39 is 11.1 Å². The highest BCUT2D eigenvalue weighted by Crippen LogP contribution is 2.29. The van der Waals surface area contributed by atoms with E-state index in [2.05, 4.69) is 28.8 Å². The number of hydrogen-bond donors (Lipinski definition) is 1. The molecule has 0 saturated heterocycles. The van der Waals surface area contributed by atoms with Crippen LogP contribution in [0.4, 0.5) is 0 Å². The highest BCUT2D eigenvalue weighted by atomic mass is 35.5. The van der Waals surface area contributed by atoms with E-state index in [1.165, 1.54) is 0 Å². The van der Waals surface area contributed by atoms with Gasteiger partial charge >= 0.3 is 5.69 Å². The van der Waals surface area contributed by atoms with Gasteiger partial charge < -0.3 is 4.74 Å². The molecule has 0 saturated carbocycles. The molecule has 0 amide bonds. The summed E-state index contributed by atoms with van der Waals surface area (Å²) >= 11 is 6.46. The van der Waals surface area contributed by atoms with Crippen LogP contribution in [0.1, 0.15) is 51.2 Å². The van der Waals surface area contributed by atoms with Crippen molar-refractivity contribution in [3.8, 4) is 22.8 Å². The number of rotatable bonds is 9. The average molecular weight is 468 g/mol. The first-order valence-corrected chi connectivity index (χ1v) is 11.4. The van der Waals surface area contributed by atoms with Gasteiger partial charge in [0.25, 0.3) is 0 Å². The van der Waals surface area contributed by atoms with Gasteiger partial charge in [0.15, 0.2) is 5.82 Å². The lowest BCUT2D eigenvalue weighted by Crippen LogP contribution is -2.29. The molecule has 6 nitrogen and oxygen atoms in total. The number of nitrogens with one attached hydrogen (secondary N) is 1. The maximum absolute atomic E-state index is 12.6. The van der Waals surface area contributed by atoms with Crippen molar-refractivity contribution in [2.45, 2.75) is 46.5 Å². The number of aromatic nitrogens is 3. The molecule has 0 unspecified atom stereocenters. The lowest BCUT2D eigenvalue weighted by Gasteiger charge is -2.21. The summed E-state index contributed by atoms with van der Waals surface area (Å²) < 4.78 is 5.17. The highest BCUT2D eigenvalue weighted by Gasteiger charge is 2.26. The normalized spacial score (nSPS) is 11.7. The number of benzene rings is 2. The van der Waals surface area contributed by atoms with E-state index in [0.717, 1.165) is 16.7 Å². The number of ketones is 1. The van der Waals surface area contributed by atoms with Crippen molar-refractivity contribution in [2.75, 3.05) is 13.7 Å². The van der Waals surface area contributed by atoms with Crippen molar-refractivity contribution in [3.05, 3.63) is 69.1 Å². The highest BCUT2D eigenvalue weighted by molar-refractivity contribution is 6.33. The summed E-state index contributed by atoms with van der Waals surface area (Å²) in [6.45, 7) is 8.35. The largest absolute Gasteiger partial charge is 0.384 e. The molecule has 2 aromatic carbocycles. The zero-order valence-corrected chi connectivity index (χ0v) is 20.5. The first kappa shape index (κ1) is 24.8. The van der Waals surface area contributed by atoms with Gasteiger partial charge in [-0.15, -0.1) is 0 Å². The third-order valence-electron chi connectivity index (χ3n) is 5.65. The van der Waals surface area contributed by atoms with Gasteiger partial charge in [-0.05, 0) is 41.7 Å². The van der Waals surface area contributed by atoms with E-state index in [0.29, 0.717) is 47.6 Å². The third-order valence-corrected chi connectivity index (χ3v) is 5.98. The molecule has 0 aliphatic heterocycles. The van der Waals surface area contributed by atoms with Crippen molar-refractivity contribution in [3.63, 3.8) is 0 Å². The van der Waals surface area contributed by atoms with E-state index in [1.54, 1.807) is 13.2 Å². The standard InChI is InChI=1S/C26H30ClN3O3/c1-16(2)18-7-6-8-19(14-18)23-28-24(30-25(32)29-23)20-13-17(9-11-21(20)27)10-12-22(31)26(3,4)15-33-5/h6-9,11,13-14,16H,10,12,15H2,1-5H3,(H,28,29,30,32). The number of aromatic amines is 1. The maximum Gasteiger partial charge on any atom is 0.348 e. The Labute approximate surface area is 199 Å². The van der Waals surface area contributed by atoms with Crippen LogP contribution in [0.3, 0.4) is 0 Å². The smallest absolute Gasteiger partial charge is 0.348 e. The fourth-order valence-corrected chi connectivity index (χ4v) is 3.83. The number of aryl methyl sites for hydroxylation is 1. The predicted molar refractivity (Wildman–Crippen MR) is 132 cm³/mol. The van der Waals surface area contributed by atoms with Crippen LogP contribution in [0.25, 0.3) is 22.8 Å². The SMILES string of the molecule is COCC(C)(C)C(=O)CCc1ccc(Cl)c(-c2nc(-c3cccc(C(C)C)c3)nc(=O)[nH]2)c1. The zero-order chi connectivity index (χ0) is 24.2. The Morgan fingerprint density at radius 2 is 1.91 bits per heavy atom. The molecule has 0 bridgehead atoms. The Morgan fingerprint density at radius 1 is 1.15 bits per heavy atom.